The third-order valence-corrected chi connectivity index (χ3v) is 5.04. The van der Waals surface area contributed by atoms with Crippen molar-refractivity contribution in [1.29, 1.82) is 0 Å². The minimum atomic E-state index is -0.345. The highest BCUT2D eigenvalue weighted by atomic mass is 16.5. The van der Waals surface area contributed by atoms with Crippen molar-refractivity contribution in [3.63, 3.8) is 0 Å². The minimum absolute atomic E-state index is 0.345. The van der Waals surface area contributed by atoms with Crippen LogP contribution in [-0.4, -0.2) is 32.9 Å². The van der Waals surface area contributed by atoms with Crippen molar-refractivity contribution < 1.29 is 14.3 Å². The van der Waals surface area contributed by atoms with Gasteiger partial charge in [0.25, 0.3) is 0 Å². The van der Waals surface area contributed by atoms with Crippen molar-refractivity contribution in [2.75, 3.05) is 17.7 Å². The van der Waals surface area contributed by atoms with Crippen LogP contribution in [0.25, 0.3) is 5.82 Å². The van der Waals surface area contributed by atoms with E-state index in [-0.39, 0.29) is 6.03 Å². The normalized spacial score (nSPS) is 10.6. The van der Waals surface area contributed by atoms with Crippen LogP contribution in [0.3, 0.4) is 0 Å². The van der Waals surface area contributed by atoms with Gasteiger partial charge in [0.05, 0.1) is 12.8 Å². The average Bonchev–Trinajstić information content (AvgIpc) is 3.14. The molecule has 34 heavy (non-hydrogen) atoms. The molecule has 0 saturated heterocycles. The van der Waals surface area contributed by atoms with Crippen molar-refractivity contribution in [3.05, 3.63) is 77.4 Å². The third kappa shape index (κ3) is 5.32. The van der Waals surface area contributed by atoms with Crippen molar-refractivity contribution in [3.8, 4) is 23.2 Å². The first-order chi connectivity index (χ1) is 16.3. The van der Waals surface area contributed by atoms with Gasteiger partial charge in [0.2, 0.25) is 5.88 Å². The first-order valence-electron chi connectivity index (χ1n) is 10.7. The lowest BCUT2D eigenvalue weighted by Crippen LogP contribution is -2.19. The fraction of sp³-hybridized carbons (Fsp3) is 0.200. The van der Waals surface area contributed by atoms with Gasteiger partial charge >= 0.3 is 6.03 Å². The molecule has 0 unspecified atom stereocenters. The summed E-state index contributed by atoms with van der Waals surface area (Å²) in [6.07, 6.45) is 0. The number of urea groups is 1. The summed E-state index contributed by atoms with van der Waals surface area (Å²) in [7, 11) is 1.61. The SMILES string of the molecule is COc1ccc(NC(=O)Nc2ccc(Oc3cc(-n4nc(C)cc4C)nc(C)n3)cc2)c(C)c1. The van der Waals surface area contributed by atoms with Gasteiger partial charge in [0, 0.05) is 23.1 Å². The zero-order valence-electron chi connectivity index (χ0n) is 19.7. The van der Waals surface area contributed by atoms with Crippen LogP contribution in [0.15, 0.2) is 54.6 Å². The maximum absolute atomic E-state index is 12.4. The Bertz CT molecular complexity index is 1330. The molecular formula is C25H26N6O3. The molecule has 4 rings (SSSR count). The summed E-state index contributed by atoms with van der Waals surface area (Å²) in [6.45, 7) is 7.61. The molecule has 9 heteroatoms. The summed E-state index contributed by atoms with van der Waals surface area (Å²) in [6, 6.07) is 15.9. The number of carbonyl (C=O) groups excluding carboxylic acids is 1. The van der Waals surface area contributed by atoms with Gasteiger partial charge in [-0.25, -0.2) is 14.5 Å². The van der Waals surface area contributed by atoms with Crippen molar-refractivity contribution >= 4 is 17.4 Å². The van der Waals surface area contributed by atoms with E-state index in [0.29, 0.717) is 34.6 Å². The fourth-order valence-corrected chi connectivity index (χ4v) is 3.46. The Morgan fingerprint density at radius 1 is 0.882 bits per heavy atom. The Hall–Kier alpha value is -4.40. The highest BCUT2D eigenvalue weighted by Crippen LogP contribution is 2.24. The predicted molar refractivity (Wildman–Crippen MR) is 130 cm³/mol. The number of anilines is 2. The number of carbonyl (C=O) groups is 1. The molecule has 174 valence electrons. The molecule has 0 atom stereocenters. The second kappa shape index (κ2) is 9.62. The lowest BCUT2D eigenvalue weighted by molar-refractivity contribution is 0.262. The van der Waals surface area contributed by atoms with Gasteiger partial charge in [-0.1, -0.05) is 0 Å². The number of nitrogens with zero attached hydrogens (tertiary/aromatic N) is 4. The van der Waals surface area contributed by atoms with Crippen LogP contribution in [0.1, 0.15) is 22.8 Å². The molecule has 0 aliphatic carbocycles. The number of rotatable bonds is 6. The van der Waals surface area contributed by atoms with Gasteiger partial charge in [0.15, 0.2) is 5.82 Å². The lowest BCUT2D eigenvalue weighted by Gasteiger charge is -2.12. The summed E-state index contributed by atoms with van der Waals surface area (Å²) in [5.74, 6) is 2.93. The zero-order valence-corrected chi connectivity index (χ0v) is 19.7. The van der Waals surface area contributed by atoms with Crippen LogP contribution in [0, 0.1) is 27.7 Å². The number of methoxy groups -OCH3 is 1. The molecule has 9 nitrogen and oxygen atoms in total. The third-order valence-electron chi connectivity index (χ3n) is 5.04. The number of ether oxygens (including phenoxy) is 2. The second-order valence-electron chi connectivity index (χ2n) is 7.84. The maximum atomic E-state index is 12.4. The van der Waals surface area contributed by atoms with E-state index in [9.17, 15) is 4.79 Å². The Kier molecular flexibility index (Phi) is 6.44. The number of aromatic nitrogens is 4. The molecule has 0 bridgehead atoms. The van der Waals surface area contributed by atoms with Gasteiger partial charge in [-0.15, -0.1) is 0 Å². The highest BCUT2D eigenvalue weighted by molar-refractivity contribution is 6.00. The smallest absolute Gasteiger partial charge is 0.323 e. The predicted octanol–water partition coefficient (Wildman–Crippen LogP) is 5.34. The maximum Gasteiger partial charge on any atom is 0.323 e. The summed E-state index contributed by atoms with van der Waals surface area (Å²) < 4.78 is 12.9. The molecule has 2 N–H and O–H groups in total. The van der Waals surface area contributed by atoms with Crippen molar-refractivity contribution in [1.82, 2.24) is 19.7 Å². The first kappa shape index (κ1) is 22.8. The number of aryl methyl sites for hydroxylation is 4. The van der Waals surface area contributed by atoms with E-state index in [2.05, 4.69) is 25.7 Å². The monoisotopic (exact) mass is 458 g/mol. The molecule has 0 aliphatic rings. The first-order valence-corrected chi connectivity index (χ1v) is 10.7. The standard InChI is InChI=1S/C25H26N6O3/c1-15-12-21(33-5)10-11-22(15)29-25(32)28-19-6-8-20(9-7-19)34-24-14-23(26-18(4)27-24)31-17(3)13-16(2)30-31/h6-14H,1-5H3,(H2,28,29,32). The van der Waals surface area contributed by atoms with Gasteiger partial charge in [-0.3, -0.25) is 0 Å². The number of nitrogens with one attached hydrogen (secondary N) is 2. The van der Waals surface area contributed by atoms with E-state index in [4.69, 9.17) is 9.47 Å². The van der Waals surface area contributed by atoms with Crippen LogP contribution < -0.4 is 20.1 Å². The number of hydrogen-bond donors (Lipinski definition) is 2. The highest BCUT2D eigenvalue weighted by Gasteiger charge is 2.11. The molecule has 2 aromatic carbocycles. The van der Waals surface area contributed by atoms with Crippen LogP contribution in [-0.2, 0) is 0 Å². The van der Waals surface area contributed by atoms with Crippen LogP contribution in [0.2, 0.25) is 0 Å². The lowest BCUT2D eigenvalue weighted by atomic mass is 10.2. The number of amides is 2. The van der Waals surface area contributed by atoms with Gasteiger partial charge in [0.1, 0.15) is 17.3 Å². The molecule has 4 aromatic rings. The van der Waals surface area contributed by atoms with E-state index in [0.717, 1.165) is 22.7 Å². The number of hydrogen-bond acceptors (Lipinski definition) is 6. The van der Waals surface area contributed by atoms with E-state index in [1.165, 1.54) is 0 Å². The van der Waals surface area contributed by atoms with E-state index < -0.39 is 0 Å². The molecule has 2 aromatic heterocycles. The minimum Gasteiger partial charge on any atom is -0.497 e. The molecule has 0 aliphatic heterocycles. The average molecular weight is 459 g/mol. The molecule has 2 heterocycles. The molecule has 0 radical (unpaired) electrons. The molecule has 0 spiro atoms. The van der Waals surface area contributed by atoms with Crippen LogP contribution in [0.5, 0.6) is 17.4 Å². The van der Waals surface area contributed by atoms with E-state index >= 15 is 0 Å². The van der Waals surface area contributed by atoms with Crippen LogP contribution >= 0.6 is 0 Å². The van der Waals surface area contributed by atoms with Gasteiger partial charge < -0.3 is 20.1 Å². The molecule has 0 saturated carbocycles. The summed E-state index contributed by atoms with van der Waals surface area (Å²) >= 11 is 0. The second-order valence-corrected chi connectivity index (χ2v) is 7.84. The molecular weight excluding hydrogens is 432 g/mol. The summed E-state index contributed by atoms with van der Waals surface area (Å²) in [4.78, 5) is 21.2. The number of benzene rings is 2. The van der Waals surface area contributed by atoms with Crippen molar-refractivity contribution in [2.24, 2.45) is 0 Å². The fourth-order valence-electron chi connectivity index (χ4n) is 3.46. The Morgan fingerprint density at radius 3 is 2.26 bits per heavy atom. The molecule has 0 fully saturated rings. The van der Waals surface area contributed by atoms with E-state index in [1.807, 2.05) is 32.9 Å². The molecule has 2 amide bonds. The van der Waals surface area contributed by atoms with Gasteiger partial charge in [-0.05, 0) is 81.8 Å². The Balaban J connectivity index is 1.42. The summed E-state index contributed by atoms with van der Waals surface area (Å²) in [5.41, 5.74) is 4.11. The Labute approximate surface area is 197 Å². The zero-order chi connectivity index (χ0) is 24.2. The van der Waals surface area contributed by atoms with Crippen molar-refractivity contribution in [2.45, 2.75) is 27.7 Å². The quantitative estimate of drug-likeness (QED) is 0.404. The topological polar surface area (TPSA) is 103 Å². The van der Waals surface area contributed by atoms with Gasteiger partial charge in [-0.2, -0.15) is 10.1 Å². The van der Waals surface area contributed by atoms with E-state index in [1.54, 1.807) is 61.2 Å². The summed E-state index contributed by atoms with van der Waals surface area (Å²) in [5, 5.41) is 10.1. The largest absolute Gasteiger partial charge is 0.497 e. The Morgan fingerprint density at radius 2 is 1.62 bits per heavy atom. The van der Waals surface area contributed by atoms with Crippen LogP contribution in [0.4, 0.5) is 16.2 Å².